The summed E-state index contributed by atoms with van der Waals surface area (Å²) in [6.45, 7) is 5.31. The highest BCUT2D eigenvalue weighted by atomic mass is 19.1. The third-order valence-electron chi connectivity index (χ3n) is 3.66. The Labute approximate surface area is 117 Å². The van der Waals surface area contributed by atoms with E-state index in [-0.39, 0.29) is 12.0 Å². The highest BCUT2D eigenvalue weighted by Crippen LogP contribution is 2.37. The van der Waals surface area contributed by atoms with E-state index in [2.05, 4.69) is 0 Å². The van der Waals surface area contributed by atoms with Crippen molar-refractivity contribution in [1.82, 2.24) is 0 Å². The molecule has 1 N–H and O–H groups in total. The van der Waals surface area contributed by atoms with Gasteiger partial charge >= 0.3 is 0 Å². The van der Waals surface area contributed by atoms with Gasteiger partial charge in [-0.25, -0.2) is 8.78 Å². The number of hydrogen-bond acceptors (Lipinski definition) is 1. The van der Waals surface area contributed by atoms with E-state index in [0.29, 0.717) is 11.1 Å². The first-order chi connectivity index (χ1) is 9.38. The third-order valence-corrected chi connectivity index (χ3v) is 3.66. The van der Waals surface area contributed by atoms with Crippen molar-refractivity contribution in [3.63, 3.8) is 0 Å². The molecule has 2 rings (SSSR count). The lowest BCUT2D eigenvalue weighted by molar-refractivity contribution is 0.0715. The van der Waals surface area contributed by atoms with Gasteiger partial charge < -0.3 is 5.11 Å². The zero-order valence-electron chi connectivity index (χ0n) is 11.9. The molecule has 0 radical (unpaired) electrons. The Kier molecular flexibility index (Phi) is 3.91. The van der Waals surface area contributed by atoms with Gasteiger partial charge in [-0.05, 0) is 55.2 Å². The zero-order chi connectivity index (χ0) is 14.9. The number of aryl methyl sites for hydroxylation is 2. The molecule has 0 fully saturated rings. The van der Waals surface area contributed by atoms with Crippen molar-refractivity contribution in [2.24, 2.45) is 0 Å². The van der Waals surface area contributed by atoms with Crippen LogP contribution in [-0.4, -0.2) is 5.11 Å². The maximum Gasteiger partial charge on any atom is 0.130 e. The smallest absolute Gasteiger partial charge is 0.130 e. The molecule has 2 aromatic carbocycles. The third kappa shape index (κ3) is 2.46. The molecule has 2 aromatic rings. The molecule has 0 heterocycles. The van der Waals surface area contributed by atoms with Crippen LogP contribution in [0.4, 0.5) is 8.78 Å². The second-order valence-electron chi connectivity index (χ2n) is 5.16. The first kappa shape index (κ1) is 14.7. The highest BCUT2D eigenvalue weighted by molar-refractivity contribution is 5.43. The van der Waals surface area contributed by atoms with Crippen molar-refractivity contribution in [3.05, 3.63) is 70.3 Å². The Bertz CT molecular complexity index is 614. The van der Waals surface area contributed by atoms with E-state index >= 15 is 0 Å². The van der Waals surface area contributed by atoms with Gasteiger partial charge in [0, 0.05) is 5.56 Å². The van der Waals surface area contributed by atoms with Crippen LogP contribution < -0.4 is 0 Å². The van der Waals surface area contributed by atoms with Crippen LogP contribution in [0, 0.1) is 25.5 Å². The van der Waals surface area contributed by atoms with Gasteiger partial charge in [0.1, 0.15) is 17.2 Å². The zero-order valence-corrected chi connectivity index (χ0v) is 11.9. The van der Waals surface area contributed by atoms with E-state index in [4.69, 9.17) is 0 Å². The molecule has 106 valence electrons. The number of aliphatic hydroxyl groups is 1. The first-order valence-corrected chi connectivity index (χ1v) is 6.64. The van der Waals surface area contributed by atoms with E-state index in [1.165, 1.54) is 24.3 Å². The fourth-order valence-corrected chi connectivity index (χ4v) is 2.71. The lowest BCUT2D eigenvalue weighted by atomic mass is 9.81. The Morgan fingerprint density at radius 3 is 2.35 bits per heavy atom. The van der Waals surface area contributed by atoms with Crippen molar-refractivity contribution in [3.8, 4) is 0 Å². The molecule has 20 heavy (non-hydrogen) atoms. The summed E-state index contributed by atoms with van der Waals surface area (Å²) in [6.07, 6.45) is 0.261. The van der Waals surface area contributed by atoms with Crippen molar-refractivity contribution < 1.29 is 13.9 Å². The van der Waals surface area contributed by atoms with Gasteiger partial charge in [0.05, 0.1) is 0 Å². The minimum atomic E-state index is -1.52. The number of halogens is 2. The SMILES string of the molecule is CCC(O)(c1cccc(F)c1)c1c(C)cc(C)cc1F. The number of rotatable bonds is 3. The second-order valence-corrected chi connectivity index (χ2v) is 5.16. The highest BCUT2D eigenvalue weighted by Gasteiger charge is 2.34. The van der Waals surface area contributed by atoms with Crippen molar-refractivity contribution >= 4 is 0 Å². The summed E-state index contributed by atoms with van der Waals surface area (Å²) < 4.78 is 27.7. The number of benzene rings is 2. The molecule has 0 aliphatic carbocycles. The van der Waals surface area contributed by atoms with Gasteiger partial charge in [0.15, 0.2) is 0 Å². The fraction of sp³-hybridized carbons (Fsp3) is 0.294. The Balaban J connectivity index is 2.68. The molecular weight excluding hydrogens is 258 g/mol. The van der Waals surface area contributed by atoms with Crippen molar-refractivity contribution in [2.45, 2.75) is 32.8 Å². The largest absolute Gasteiger partial charge is 0.380 e. The summed E-state index contributed by atoms with van der Waals surface area (Å²) in [5, 5.41) is 10.9. The van der Waals surface area contributed by atoms with E-state index in [1.807, 2.05) is 6.07 Å². The van der Waals surface area contributed by atoms with E-state index in [9.17, 15) is 13.9 Å². The number of hydrogen-bond donors (Lipinski definition) is 1. The summed E-state index contributed by atoms with van der Waals surface area (Å²) in [6, 6.07) is 8.90. The summed E-state index contributed by atoms with van der Waals surface area (Å²) in [5.74, 6) is -0.907. The minimum absolute atomic E-state index is 0.219. The Morgan fingerprint density at radius 1 is 1.10 bits per heavy atom. The van der Waals surface area contributed by atoms with Crippen molar-refractivity contribution in [2.75, 3.05) is 0 Å². The molecule has 0 aliphatic rings. The van der Waals surface area contributed by atoms with Gasteiger partial charge in [0.25, 0.3) is 0 Å². The predicted octanol–water partition coefficient (Wildman–Crippen LogP) is 4.23. The maximum atomic E-state index is 14.3. The van der Waals surface area contributed by atoms with Crippen LogP contribution in [0.1, 0.15) is 35.6 Å². The van der Waals surface area contributed by atoms with Crippen LogP contribution >= 0.6 is 0 Å². The quantitative estimate of drug-likeness (QED) is 0.889. The fourth-order valence-electron chi connectivity index (χ4n) is 2.71. The van der Waals surface area contributed by atoms with Gasteiger partial charge in [-0.3, -0.25) is 0 Å². The Hall–Kier alpha value is -1.74. The van der Waals surface area contributed by atoms with Gasteiger partial charge in [-0.1, -0.05) is 25.1 Å². The first-order valence-electron chi connectivity index (χ1n) is 6.64. The standard InChI is InChI=1S/C17H18F2O/c1-4-17(20,13-6-5-7-14(18)10-13)16-12(3)8-11(2)9-15(16)19/h5-10,20H,4H2,1-3H3. The molecule has 1 unspecified atom stereocenters. The molecule has 0 saturated carbocycles. The van der Waals surface area contributed by atoms with Crippen LogP contribution in [-0.2, 0) is 5.60 Å². The molecule has 0 saturated heterocycles. The van der Waals surface area contributed by atoms with E-state index in [1.54, 1.807) is 26.8 Å². The summed E-state index contributed by atoms with van der Waals surface area (Å²) in [7, 11) is 0. The molecule has 0 amide bonds. The Morgan fingerprint density at radius 2 is 1.80 bits per heavy atom. The molecule has 0 aromatic heterocycles. The molecule has 0 spiro atoms. The van der Waals surface area contributed by atoms with Crippen LogP contribution in [0.5, 0.6) is 0 Å². The van der Waals surface area contributed by atoms with Gasteiger partial charge in [0.2, 0.25) is 0 Å². The second kappa shape index (κ2) is 5.33. The topological polar surface area (TPSA) is 20.2 Å². The minimum Gasteiger partial charge on any atom is -0.380 e. The monoisotopic (exact) mass is 276 g/mol. The average Bonchev–Trinajstić information content (AvgIpc) is 2.37. The van der Waals surface area contributed by atoms with Crippen LogP contribution in [0.2, 0.25) is 0 Å². The molecule has 1 nitrogen and oxygen atoms in total. The van der Waals surface area contributed by atoms with E-state index in [0.717, 1.165) is 5.56 Å². The summed E-state index contributed by atoms with van der Waals surface area (Å²) >= 11 is 0. The molecule has 0 bridgehead atoms. The summed E-state index contributed by atoms with van der Waals surface area (Å²) in [4.78, 5) is 0. The average molecular weight is 276 g/mol. The normalized spacial score (nSPS) is 14.1. The molecule has 3 heteroatoms. The van der Waals surface area contributed by atoms with Crippen LogP contribution in [0.25, 0.3) is 0 Å². The molecule has 0 aliphatic heterocycles. The van der Waals surface area contributed by atoms with E-state index < -0.39 is 17.2 Å². The predicted molar refractivity (Wildman–Crippen MR) is 75.6 cm³/mol. The summed E-state index contributed by atoms with van der Waals surface area (Å²) in [5.41, 5.74) is 0.517. The lowest BCUT2D eigenvalue weighted by Crippen LogP contribution is -2.29. The van der Waals surface area contributed by atoms with Crippen LogP contribution in [0.15, 0.2) is 36.4 Å². The van der Waals surface area contributed by atoms with Gasteiger partial charge in [-0.2, -0.15) is 0 Å². The molecular formula is C17H18F2O. The van der Waals surface area contributed by atoms with Crippen LogP contribution in [0.3, 0.4) is 0 Å². The lowest BCUT2D eigenvalue weighted by Gasteiger charge is -2.30. The van der Waals surface area contributed by atoms with Gasteiger partial charge in [-0.15, -0.1) is 0 Å². The van der Waals surface area contributed by atoms with Crippen molar-refractivity contribution in [1.29, 1.82) is 0 Å². The maximum absolute atomic E-state index is 14.3. The molecule has 1 atom stereocenters.